The number of nitrogens with zero attached hydrogens (tertiary/aromatic N) is 1. The lowest BCUT2D eigenvalue weighted by Crippen LogP contribution is -2.32. The SMILES string of the molecule is Cc1ccc(/C=N/NC(=O)C(=O)Nc2ccccc2F)cc1. The first-order valence-electron chi connectivity index (χ1n) is 6.52. The van der Waals surface area contributed by atoms with Gasteiger partial charge in [0, 0.05) is 0 Å². The molecule has 0 aliphatic rings. The summed E-state index contributed by atoms with van der Waals surface area (Å²) in [4.78, 5) is 23.1. The molecule has 5 nitrogen and oxygen atoms in total. The second-order valence-corrected chi connectivity index (χ2v) is 4.54. The molecule has 6 heteroatoms. The molecular formula is C16H14FN3O2. The molecule has 0 atom stereocenters. The standard InChI is InChI=1S/C16H14FN3O2/c1-11-6-8-12(9-7-11)10-18-20-16(22)15(21)19-14-5-3-2-4-13(14)17/h2-10H,1H3,(H,19,21)(H,20,22)/b18-10+. The smallest absolute Gasteiger partial charge is 0.315 e. The highest BCUT2D eigenvalue weighted by molar-refractivity contribution is 6.39. The zero-order chi connectivity index (χ0) is 15.9. The maximum absolute atomic E-state index is 13.3. The minimum absolute atomic E-state index is 0.0647. The third kappa shape index (κ3) is 4.24. The minimum atomic E-state index is -0.994. The number of rotatable bonds is 3. The molecule has 2 aromatic rings. The van der Waals surface area contributed by atoms with Gasteiger partial charge >= 0.3 is 11.8 Å². The third-order valence-corrected chi connectivity index (χ3v) is 2.79. The van der Waals surface area contributed by atoms with E-state index >= 15 is 0 Å². The number of halogens is 1. The average Bonchev–Trinajstić information content (AvgIpc) is 2.51. The van der Waals surface area contributed by atoms with Crippen molar-refractivity contribution in [3.8, 4) is 0 Å². The van der Waals surface area contributed by atoms with Crippen LogP contribution < -0.4 is 10.7 Å². The molecule has 22 heavy (non-hydrogen) atoms. The summed E-state index contributed by atoms with van der Waals surface area (Å²) in [6, 6.07) is 13.0. The fourth-order valence-corrected chi connectivity index (χ4v) is 1.61. The number of amides is 2. The summed E-state index contributed by atoms with van der Waals surface area (Å²) in [6.45, 7) is 1.95. The Bertz CT molecular complexity index is 712. The van der Waals surface area contributed by atoms with Gasteiger partial charge in [0.1, 0.15) is 5.82 Å². The first-order chi connectivity index (χ1) is 10.6. The van der Waals surface area contributed by atoms with Crippen molar-refractivity contribution in [3.05, 3.63) is 65.5 Å². The Morgan fingerprint density at radius 2 is 1.73 bits per heavy atom. The number of nitrogens with one attached hydrogen (secondary N) is 2. The molecule has 0 spiro atoms. The van der Waals surface area contributed by atoms with E-state index in [1.807, 2.05) is 31.2 Å². The first kappa shape index (κ1) is 15.4. The first-order valence-corrected chi connectivity index (χ1v) is 6.52. The Labute approximate surface area is 126 Å². The predicted octanol–water partition coefficient (Wildman–Crippen LogP) is 2.22. The molecule has 0 aliphatic heterocycles. The Morgan fingerprint density at radius 1 is 1.05 bits per heavy atom. The molecule has 2 amide bonds. The van der Waals surface area contributed by atoms with Gasteiger partial charge in [-0.05, 0) is 24.6 Å². The molecule has 0 heterocycles. The van der Waals surface area contributed by atoms with Gasteiger partial charge in [-0.2, -0.15) is 5.10 Å². The van der Waals surface area contributed by atoms with Gasteiger partial charge in [-0.25, -0.2) is 9.82 Å². The molecule has 0 saturated heterocycles. The van der Waals surface area contributed by atoms with E-state index in [0.717, 1.165) is 11.1 Å². The minimum Gasteiger partial charge on any atom is -0.315 e. The Kier molecular flexibility index (Phi) is 4.98. The molecule has 0 unspecified atom stereocenters. The molecule has 2 N–H and O–H groups in total. The average molecular weight is 299 g/mol. The topological polar surface area (TPSA) is 70.6 Å². The molecule has 0 aromatic heterocycles. The van der Waals surface area contributed by atoms with Gasteiger partial charge in [-0.1, -0.05) is 42.0 Å². The maximum Gasteiger partial charge on any atom is 0.329 e. The Balaban J connectivity index is 1.90. The van der Waals surface area contributed by atoms with Crippen LogP contribution in [-0.4, -0.2) is 18.0 Å². The van der Waals surface area contributed by atoms with Crippen molar-refractivity contribution in [1.29, 1.82) is 0 Å². The fraction of sp³-hybridized carbons (Fsp3) is 0.0625. The van der Waals surface area contributed by atoms with Gasteiger partial charge in [0.2, 0.25) is 0 Å². The maximum atomic E-state index is 13.3. The number of hydrogen-bond acceptors (Lipinski definition) is 3. The van der Waals surface area contributed by atoms with Crippen LogP contribution in [0.3, 0.4) is 0 Å². The number of carbonyl (C=O) groups excluding carboxylic acids is 2. The Morgan fingerprint density at radius 3 is 2.41 bits per heavy atom. The normalized spacial score (nSPS) is 10.5. The van der Waals surface area contributed by atoms with Crippen LogP contribution in [0, 0.1) is 12.7 Å². The van der Waals surface area contributed by atoms with E-state index in [-0.39, 0.29) is 5.69 Å². The number of hydrogen-bond donors (Lipinski definition) is 2. The monoisotopic (exact) mass is 299 g/mol. The van der Waals surface area contributed by atoms with Crippen LogP contribution >= 0.6 is 0 Å². The van der Waals surface area contributed by atoms with E-state index in [2.05, 4.69) is 15.8 Å². The van der Waals surface area contributed by atoms with Gasteiger partial charge in [0.05, 0.1) is 11.9 Å². The van der Waals surface area contributed by atoms with Crippen molar-refractivity contribution in [2.24, 2.45) is 5.10 Å². The summed E-state index contributed by atoms with van der Waals surface area (Å²) < 4.78 is 13.3. The van der Waals surface area contributed by atoms with Crippen molar-refractivity contribution in [2.75, 3.05) is 5.32 Å². The second-order valence-electron chi connectivity index (χ2n) is 4.54. The van der Waals surface area contributed by atoms with Gasteiger partial charge in [0.25, 0.3) is 0 Å². The zero-order valence-electron chi connectivity index (χ0n) is 11.8. The number of carbonyl (C=O) groups is 2. The van der Waals surface area contributed by atoms with Crippen LogP contribution in [0.1, 0.15) is 11.1 Å². The zero-order valence-corrected chi connectivity index (χ0v) is 11.8. The molecule has 0 bridgehead atoms. The lowest BCUT2D eigenvalue weighted by atomic mass is 10.2. The van der Waals surface area contributed by atoms with E-state index in [4.69, 9.17) is 0 Å². The molecular weight excluding hydrogens is 285 g/mol. The highest BCUT2D eigenvalue weighted by Gasteiger charge is 2.14. The van der Waals surface area contributed by atoms with Crippen LogP contribution in [0.4, 0.5) is 10.1 Å². The molecule has 0 saturated carbocycles. The van der Waals surface area contributed by atoms with E-state index in [1.165, 1.54) is 24.4 Å². The van der Waals surface area contributed by atoms with Crippen LogP contribution in [0.15, 0.2) is 53.6 Å². The van der Waals surface area contributed by atoms with Crippen molar-refractivity contribution < 1.29 is 14.0 Å². The summed E-state index contributed by atoms with van der Waals surface area (Å²) >= 11 is 0. The Hall–Kier alpha value is -3.02. The van der Waals surface area contributed by atoms with Gasteiger partial charge in [0.15, 0.2) is 0 Å². The molecule has 0 aliphatic carbocycles. The van der Waals surface area contributed by atoms with Crippen LogP contribution in [0.25, 0.3) is 0 Å². The molecule has 0 radical (unpaired) electrons. The number of hydrazone groups is 1. The summed E-state index contributed by atoms with van der Waals surface area (Å²) in [6.07, 6.45) is 1.41. The lowest BCUT2D eigenvalue weighted by molar-refractivity contribution is -0.136. The molecule has 2 aromatic carbocycles. The van der Waals surface area contributed by atoms with E-state index in [1.54, 1.807) is 6.07 Å². The fourth-order valence-electron chi connectivity index (χ4n) is 1.61. The molecule has 112 valence electrons. The highest BCUT2D eigenvalue weighted by atomic mass is 19.1. The van der Waals surface area contributed by atoms with Crippen LogP contribution in [-0.2, 0) is 9.59 Å². The van der Waals surface area contributed by atoms with Crippen LogP contribution in [0.5, 0.6) is 0 Å². The van der Waals surface area contributed by atoms with Crippen LogP contribution in [0.2, 0.25) is 0 Å². The van der Waals surface area contributed by atoms with Crippen molar-refractivity contribution >= 4 is 23.7 Å². The van der Waals surface area contributed by atoms with Crippen molar-refractivity contribution in [1.82, 2.24) is 5.43 Å². The summed E-state index contributed by atoms with van der Waals surface area (Å²) in [5, 5.41) is 5.84. The largest absolute Gasteiger partial charge is 0.329 e. The van der Waals surface area contributed by atoms with E-state index < -0.39 is 17.6 Å². The molecule has 0 fully saturated rings. The summed E-state index contributed by atoms with van der Waals surface area (Å²) in [5.74, 6) is -2.59. The van der Waals surface area contributed by atoms with E-state index in [9.17, 15) is 14.0 Å². The lowest BCUT2D eigenvalue weighted by Gasteiger charge is -2.04. The van der Waals surface area contributed by atoms with Gasteiger partial charge < -0.3 is 5.32 Å². The van der Waals surface area contributed by atoms with Gasteiger partial charge in [-0.3, -0.25) is 9.59 Å². The third-order valence-electron chi connectivity index (χ3n) is 2.79. The van der Waals surface area contributed by atoms with Crippen molar-refractivity contribution in [3.63, 3.8) is 0 Å². The second kappa shape index (κ2) is 7.12. The quantitative estimate of drug-likeness (QED) is 0.518. The van der Waals surface area contributed by atoms with E-state index in [0.29, 0.717) is 0 Å². The molecule has 2 rings (SSSR count). The summed E-state index contributed by atoms with van der Waals surface area (Å²) in [5.41, 5.74) is 3.90. The predicted molar refractivity (Wildman–Crippen MR) is 81.9 cm³/mol. The number of anilines is 1. The van der Waals surface area contributed by atoms with Crippen molar-refractivity contribution in [2.45, 2.75) is 6.92 Å². The number of benzene rings is 2. The summed E-state index contributed by atoms with van der Waals surface area (Å²) in [7, 11) is 0. The number of aryl methyl sites for hydroxylation is 1. The highest BCUT2D eigenvalue weighted by Crippen LogP contribution is 2.11. The van der Waals surface area contributed by atoms with Gasteiger partial charge in [-0.15, -0.1) is 0 Å². The number of para-hydroxylation sites is 1.